The third kappa shape index (κ3) is 5.25. The maximum atomic E-state index is 5.80. The fraction of sp³-hybridized carbons (Fsp3) is 0.625. The number of hydrogen-bond acceptors (Lipinski definition) is 1. The third-order valence-corrected chi connectivity index (χ3v) is 2.83. The average molecular weight is 234 g/mol. The summed E-state index contributed by atoms with van der Waals surface area (Å²) in [6.07, 6.45) is 5.04. The molecule has 0 aromatic heterocycles. The van der Waals surface area contributed by atoms with Gasteiger partial charge in [-0.1, -0.05) is 39.3 Å². The Balaban J connectivity index is 0.000000437. The van der Waals surface area contributed by atoms with Gasteiger partial charge in [0.15, 0.2) is 0 Å². The van der Waals surface area contributed by atoms with Crippen LogP contribution in [-0.4, -0.2) is 6.61 Å². The van der Waals surface area contributed by atoms with Crippen molar-refractivity contribution in [2.75, 3.05) is 6.61 Å². The summed E-state index contributed by atoms with van der Waals surface area (Å²) in [6.45, 7) is 9.45. The van der Waals surface area contributed by atoms with Gasteiger partial charge < -0.3 is 4.74 Å². The lowest BCUT2D eigenvalue weighted by Crippen LogP contribution is -2.00. The predicted molar refractivity (Wildman–Crippen MR) is 74.7 cm³/mol. The van der Waals surface area contributed by atoms with Gasteiger partial charge in [-0.05, 0) is 49.3 Å². The lowest BCUT2D eigenvalue weighted by molar-refractivity contribution is 0.297. The first-order valence-electron chi connectivity index (χ1n) is 6.93. The predicted octanol–water partition coefficient (Wildman–Crippen LogP) is 4.76. The first-order valence-corrected chi connectivity index (χ1v) is 6.93. The van der Waals surface area contributed by atoms with Gasteiger partial charge in [-0.25, -0.2) is 0 Å². The molecule has 0 radical (unpaired) electrons. The van der Waals surface area contributed by atoms with Gasteiger partial charge >= 0.3 is 0 Å². The Morgan fingerprint density at radius 1 is 1.18 bits per heavy atom. The second-order valence-electron chi connectivity index (χ2n) is 4.91. The van der Waals surface area contributed by atoms with E-state index in [1.165, 1.54) is 30.4 Å². The molecule has 17 heavy (non-hydrogen) atoms. The van der Waals surface area contributed by atoms with Gasteiger partial charge in [0, 0.05) is 0 Å². The van der Waals surface area contributed by atoms with Gasteiger partial charge in [-0.2, -0.15) is 0 Å². The zero-order chi connectivity index (χ0) is 12.7. The zero-order valence-corrected chi connectivity index (χ0v) is 11.8. The highest BCUT2D eigenvalue weighted by molar-refractivity contribution is 5.36. The third-order valence-electron chi connectivity index (χ3n) is 2.83. The monoisotopic (exact) mass is 234 g/mol. The van der Waals surface area contributed by atoms with E-state index >= 15 is 0 Å². The molecule has 2 rings (SSSR count). The van der Waals surface area contributed by atoms with Crippen LogP contribution in [0.3, 0.4) is 0 Å². The fourth-order valence-electron chi connectivity index (χ4n) is 1.51. The van der Waals surface area contributed by atoms with Crippen LogP contribution in [0.15, 0.2) is 18.2 Å². The standard InChI is InChI=1S/C13H18O.C3H8/c1-3-11-5-4-10(2)13(8-11)14-9-12-6-7-12;1-3-2/h4-5,8,12H,3,6-7,9H2,1-2H3;3H2,1-2H3. The van der Waals surface area contributed by atoms with E-state index in [1.807, 2.05) is 0 Å². The van der Waals surface area contributed by atoms with Crippen molar-refractivity contribution >= 4 is 0 Å². The van der Waals surface area contributed by atoms with Crippen molar-refractivity contribution in [2.24, 2.45) is 5.92 Å². The Hall–Kier alpha value is -0.980. The van der Waals surface area contributed by atoms with E-state index in [2.05, 4.69) is 45.9 Å². The molecular weight excluding hydrogens is 208 g/mol. The van der Waals surface area contributed by atoms with Crippen molar-refractivity contribution in [1.29, 1.82) is 0 Å². The number of rotatable bonds is 4. The summed E-state index contributed by atoms with van der Waals surface area (Å²) in [5.74, 6) is 1.91. The average Bonchev–Trinajstić information content (AvgIpc) is 3.13. The summed E-state index contributed by atoms with van der Waals surface area (Å²) in [5, 5.41) is 0. The molecular formula is C16H26O. The van der Waals surface area contributed by atoms with Crippen LogP contribution >= 0.6 is 0 Å². The molecule has 0 atom stereocenters. The molecule has 0 bridgehead atoms. The lowest BCUT2D eigenvalue weighted by atomic mass is 10.1. The molecule has 0 spiro atoms. The molecule has 1 heteroatoms. The van der Waals surface area contributed by atoms with E-state index in [9.17, 15) is 0 Å². The van der Waals surface area contributed by atoms with Gasteiger partial charge in [0.1, 0.15) is 5.75 Å². The second kappa shape index (κ2) is 7.37. The Morgan fingerprint density at radius 2 is 1.82 bits per heavy atom. The van der Waals surface area contributed by atoms with Gasteiger partial charge in [-0.15, -0.1) is 0 Å². The summed E-state index contributed by atoms with van der Waals surface area (Å²) >= 11 is 0. The quantitative estimate of drug-likeness (QED) is 0.729. The molecule has 1 aromatic carbocycles. The molecule has 96 valence electrons. The minimum absolute atomic E-state index is 0.833. The number of benzene rings is 1. The number of ether oxygens (including phenoxy) is 1. The maximum absolute atomic E-state index is 5.80. The fourth-order valence-corrected chi connectivity index (χ4v) is 1.51. The zero-order valence-electron chi connectivity index (χ0n) is 11.8. The van der Waals surface area contributed by atoms with E-state index in [4.69, 9.17) is 4.74 Å². The van der Waals surface area contributed by atoms with Crippen molar-refractivity contribution in [1.82, 2.24) is 0 Å². The van der Waals surface area contributed by atoms with Crippen LogP contribution in [0.25, 0.3) is 0 Å². The topological polar surface area (TPSA) is 9.23 Å². The summed E-state index contributed by atoms with van der Waals surface area (Å²) in [4.78, 5) is 0. The van der Waals surface area contributed by atoms with Gasteiger partial charge in [0.05, 0.1) is 6.61 Å². The molecule has 0 unspecified atom stereocenters. The first kappa shape index (κ1) is 14.1. The molecule has 0 heterocycles. The molecule has 1 aliphatic rings. The van der Waals surface area contributed by atoms with Crippen LogP contribution in [0.5, 0.6) is 5.75 Å². The minimum atomic E-state index is 0.833. The highest BCUT2D eigenvalue weighted by Crippen LogP contribution is 2.30. The van der Waals surface area contributed by atoms with Crippen LogP contribution < -0.4 is 4.74 Å². The van der Waals surface area contributed by atoms with Crippen molar-refractivity contribution < 1.29 is 4.74 Å². The molecule has 1 aromatic rings. The normalized spacial score (nSPS) is 13.9. The Morgan fingerprint density at radius 3 is 2.35 bits per heavy atom. The van der Waals surface area contributed by atoms with Crippen molar-refractivity contribution in [3.8, 4) is 5.75 Å². The molecule has 0 amide bonds. The highest BCUT2D eigenvalue weighted by Gasteiger charge is 2.22. The van der Waals surface area contributed by atoms with Crippen molar-refractivity contribution in [3.63, 3.8) is 0 Å². The van der Waals surface area contributed by atoms with E-state index in [0.29, 0.717) is 0 Å². The SMILES string of the molecule is CCC.CCc1ccc(C)c(OCC2CC2)c1. The molecule has 1 saturated carbocycles. The first-order chi connectivity index (χ1) is 8.21. The summed E-state index contributed by atoms with van der Waals surface area (Å²) < 4.78 is 5.80. The lowest BCUT2D eigenvalue weighted by Gasteiger charge is -2.09. The number of hydrogen-bond donors (Lipinski definition) is 0. The maximum Gasteiger partial charge on any atom is 0.122 e. The van der Waals surface area contributed by atoms with Crippen molar-refractivity contribution in [2.45, 2.75) is 53.4 Å². The molecule has 0 N–H and O–H groups in total. The molecule has 1 fully saturated rings. The van der Waals surface area contributed by atoms with Gasteiger partial charge in [0.25, 0.3) is 0 Å². The summed E-state index contributed by atoms with van der Waals surface area (Å²) in [5.41, 5.74) is 2.62. The smallest absolute Gasteiger partial charge is 0.122 e. The largest absolute Gasteiger partial charge is 0.493 e. The molecule has 1 aliphatic carbocycles. The van der Waals surface area contributed by atoms with E-state index in [0.717, 1.165) is 24.7 Å². The summed E-state index contributed by atoms with van der Waals surface area (Å²) in [7, 11) is 0. The number of aryl methyl sites for hydroxylation is 2. The minimum Gasteiger partial charge on any atom is -0.493 e. The molecule has 0 aliphatic heterocycles. The Bertz CT molecular complexity index is 326. The van der Waals surface area contributed by atoms with Crippen LogP contribution in [0.1, 0.15) is 51.2 Å². The van der Waals surface area contributed by atoms with E-state index in [-0.39, 0.29) is 0 Å². The van der Waals surface area contributed by atoms with Gasteiger partial charge in [-0.3, -0.25) is 0 Å². The van der Waals surface area contributed by atoms with E-state index < -0.39 is 0 Å². The van der Waals surface area contributed by atoms with Crippen LogP contribution in [0.2, 0.25) is 0 Å². The van der Waals surface area contributed by atoms with Crippen molar-refractivity contribution in [3.05, 3.63) is 29.3 Å². The Kier molecular flexibility index (Phi) is 6.10. The molecule has 0 saturated heterocycles. The van der Waals surface area contributed by atoms with Crippen LogP contribution in [0, 0.1) is 12.8 Å². The highest BCUT2D eigenvalue weighted by atomic mass is 16.5. The van der Waals surface area contributed by atoms with Gasteiger partial charge in [0.2, 0.25) is 0 Å². The Labute approximate surface area is 106 Å². The molecule has 1 nitrogen and oxygen atoms in total. The van der Waals surface area contributed by atoms with E-state index in [1.54, 1.807) is 0 Å². The summed E-state index contributed by atoms with van der Waals surface area (Å²) in [6, 6.07) is 6.51. The second-order valence-corrected chi connectivity index (χ2v) is 4.91. The van der Waals surface area contributed by atoms with Crippen LogP contribution in [0.4, 0.5) is 0 Å². The van der Waals surface area contributed by atoms with Crippen LogP contribution in [-0.2, 0) is 6.42 Å².